The minimum Gasteiger partial charge on any atom is -0.392 e. The summed E-state index contributed by atoms with van der Waals surface area (Å²) < 4.78 is 0. The van der Waals surface area contributed by atoms with E-state index in [9.17, 15) is 4.79 Å². The summed E-state index contributed by atoms with van der Waals surface area (Å²) in [6.45, 7) is 0.0626. The fraction of sp³-hybridized carbons (Fsp3) is 0.562. The average Bonchev–Trinajstić information content (AvgIpc) is 2.74. The van der Waals surface area contributed by atoms with E-state index in [1.54, 1.807) is 11.8 Å². The molecule has 1 aromatic rings. The van der Waals surface area contributed by atoms with Crippen LogP contribution in [0.1, 0.15) is 44.1 Å². The van der Waals surface area contributed by atoms with E-state index in [1.807, 2.05) is 24.3 Å². The molecule has 1 fully saturated rings. The predicted octanol–water partition coefficient (Wildman–Crippen LogP) is 3.11. The molecule has 1 aliphatic rings. The summed E-state index contributed by atoms with van der Waals surface area (Å²) in [6.07, 6.45) is 7.33. The molecule has 1 aliphatic carbocycles. The molecule has 110 valence electrons. The first kappa shape index (κ1) is 15.4. The van der Waals surface area contributed by atoms with Crippen LogP contribution in [0.15, 0.2) is 29.2 Å². The van der Waals surface area contributed by atoms with E-state index >= 15 is 0 Å². The molecule has 1 saturated carbocycles. The van der Waals surface area contributed by atoms with Crippen molar-refractivity contribution >= 4 is 17.7 Å². The van der Waals surface area contributed by atoms with Gasteiger partial charge in [-0.25, -0.2) is 0 Å². The summed E-state index contributed by atoms with van der Waals surface area (Å²) >= 11 is 1.55. The van der Waals surface area contributed by atoms with Crippen LogP contribution in [0.4, 0.5) is 0 Å². The van der Waals surface area contributed by atoms with Gasteiger partial charge in [0, 0.05) is 10.9 Å². The zero-order valence-electron chi connectivity index (χ0n) is 11.8. The number of carbonyl (C=O) groups is 1. The number of hydrogen-bond donors (Lipinski definition) is 2. The number of thioether (sulfide) groups is 1. The Hall–Kier alpha value is -1.00. The Labute approximate surface area is 125 Å². The molecule has 0 atom stereocenters. The van der Waals surface area contributed by atoms with E-state index in [1.165, 1.54) is 25.7 Å². The lowest BCUT2D eigenvalue weighted by atomic mass is 10.1. The van der Waals surface area contributed by atoms with Crippen LogP contribution >= 0.6 is 11.8 Å². The summed E-state index contributed by atoms with van der Waals surface area (Å²) in [4.78, 5) is 13.0. The molecule has 0 saturated heterocycles. The van der Waals surface area contributed by atoms with Gasteiger partial charge in [0.1, 0.15) is 0 Å². The van der Waals surface area contributed by atoms with Crippen LogP contribution in [0.5, 0.6) is 0 Å². The number of benzene rings is 1. The largest absolute Gasteiger partial charge is 0.392 e. The third kappa shape index (κ3) is 5.17. The minimum atomic E-state index is 0.0626. The first-order valence-electron chi connectivity index (χ1n) is 7.40. The zero-order chi connectivity index (χ0) is 14.2. The Morgan fingerprint density at radius 1 is 1.15 bits per heavy atom. The van der Waals surface area contributed by atoms with Gasteiger partial charge in [0.15, 0.2) is 0 Å². The highest BCUT2D eigenvalue weighted by atomic mass is 32.2. The first-order valence-corrected chi connectivity index (χ1v) is 8.38. The summed E-state index contributed by atoms with van der Waals surface area (Å²) in [5, 5.41) is 12.1. The molecule has 0 heterocycles. The van der Waals surface area contributed by atoms with E-state index in [0.717, 1.165) is 23.3 Å². The molecule has 3 nitrogen and oxygen atoms in total. The molecule has 2 N–H and O–H groups in total. The van der Waals surface area contributed by atoms with Crippen molar-refractivity contribution in [3.8, 4) is 0 Å². The van der Waals surface area contributed by atoms with Gasteiger partial charge in [-0.15, -0.1) is 11.8 Å². The Bertz CT molecular complexity index is 411. The number of rotatable bonds is 5. The van der Waals surface area contributed by atoms with E-state index in [0.29, 0.717) is 11.8 Å². The average molecular weight is 293 g/mol. The molecule has 2 rings (SSSR count). The van der Waals surface area contributed by atoms with Crippen molar-refractivity contribution in [2.75, 3.05) is 5.75 Å². The topological polar surface area (TPSA) is 49.3 Å². The molecule has 4 heteroatoms. The molecular formula is C16H23NO2S. The lowest BCUT2D eigenvalue weighted by Gasteiger charge is -2.16. The van der Waals surface area contributed by atoms with Gasteiger partial charge >= 0.3 is 0 Å². The standard InChI is InChI=1S/C16H23NO2S/c18-11-13-7-9-15(10-8-13)20-12-16(19)17-14-5-3-1-2-4-6-14/h7-10,14,18H,1-6,11-12H2,(H,17,19). The van der Waals surface area contributed by atoms with Crippen molar-refractivity contribution in [3.05, 3.63) is 29.8 Å². The number of hydrogen-bond acceptors (Lipinski definition) is 3. The second-order valence-electron chi connectivity index (χ2n) is 5.35. The Kier molecular flexibility index (Phi) is 6.40. The Morgan fingerprint density at radius 3 is 2.40 bits per heavy atom. The maximum atomic E-state index is 11.9. The second-order valence-corrected chi connectivity index (χ2v) is 6.40. The second kappa shape index (κ2) is 8.32. The van der Waals surface area contributed by atoms with Crippen LogP contribution in [-0.2, 0) is 11.4 Å². The fourth-order valence-corrected chi connectivity index (χ4v) is 3.24. The molecule has 0 aromatic heterocycles. The monoisotopic (exact) mass is 293 g/mol. The van der Waals surface area contributed by atoms with Crippen LogP contribution in [0.3, 0.4) is 0 Å². The molecule has 0 spiro atoms. The number of aliphatic hydroxyl groups is 1. The minimum absolute atomic E-state index is 0.0626. The van der Waals surface area contributed by atoms with Crippen LogP contribution in [0, 0.1) is 0 Å². The quantitative estimate of drug-likeness (QED) is 0.648. The highest BCUT2D eigenvalue weighted by Crippen LogP contribution is 2.20. The summed E-state index contributed by atoms with van der Waals surface area (Å²) in [5.41, 5.74) is 0.900. The summed E-state index contributed by atoms with van der Waals surface area (Å²) in [7, 11) is 0. The van der Waals surface area contributed by atoms with Gasteiger partial charge < -0.3 is 10.4 Å². The smallest absolute Gasteiger partial charge is 0.230 e. The molecular weight excluding hydrogens is 270 g/mol. The molecule has 0 unspecified atom stereocenters. The van der Waals surface area contributed by atoms with Gasteiger partial charge in [-0.2, -0.15) is 0 Å². The molecule has 0 aliphatic heterocycles. The third-order valence-corrected chi connectivity index (χ3v) is 4.71. The number of carbonyl (C=O) groups excluding carboxylic acids is 1. The van der Waals surface area contributed by atoms with Crippen LogP contribution in [-0.4, -0.2) is 22.8 Å². The fourth-order valence-electron chi connectivity index (χ4n) is 2.53. The van der Waals surface area contributed by atoms with Crippen molar-refractivity contribution in [3.63, 3.8) is 0 Å². The van der Waals surface area contributed by atoms with Gasteiger partial charge in [0.05, 0.1) is 12.4 Å². The normalized spacial score (nSPS) is 16.6. The molecule has 0 bridgehead atoms. The molecule has 1 aromatic carbocycles. The number of aliphatic hydroxyl groups excluding tert-OH is 1. The van der Waals surface area contributed by atoms with Crippen molar-refractivity contribution in [1.29, 1.82) is 0 Å². The molecule has 0 radical (unpaired) electrons. The molecule has 1 amide bonds. The lowest BCUT2D eigenvalue weighted by molar-refractivity contribution is -0.119. The predicted molar refractivity (Wildman–Crippen MR) is 82.7 cm³/mol. The third-order valence-electron chi connectivity index (χ3n) is 3.70. The van der Waals surface area contributed by atoms with Gasteiger partial charge in [-0.3, -0.25) is 4.79 Å². The van der Waals surface area contributed by atoms with Gasteiger partial charge in [0.2, 0.25) is 5.91 Å². The van der Waals surface area contributed by atoms with E-state index in [-0.39, 0.29) is 12.5 Å². The first-order chi connectivity index (χ1) is 9.78. The maximum absolute atomic E-state index is 11.9. The van der Waals surface area contributed by atoms with Gasteiger partial charge in [-0.05, 0) is 30.5 Å². The summed E-state index contributed by atoms with van der Waals surface area (Å²) in [5.74, 6) is 0.600. The van der Waals surface area contributed by atoms with E-state index in [2.05, 4.69) is 5.32 Å². The van der Waals surface area contributed by atoms with Crippen LogP contribution in [0.2, 0.25) is 0 Å². The van der Waals surface area contributed by atoms with Crippen molar-refractivity contribution in [2.24, 2.45) is 0 Å². The Morgan fingerprint density at radius 2 is 1.80 bits per heavy atom. The van der Waals surface area contributed by atoms with Crippen molar-refractivity contribution in [1.82, 2.24) is 5.32 Å². The SMILES string of the molecule is O=C(CSc1ccc(CO)cc1)NC1CCCCCC1. The van der Waals surface area contributed by atoms with Crippen molar-refractivity contribution in [2.45, 2.75) is 56.1 Å². The maximum Gasteiger partial charge on any atom is 0.230 e. The molecule has 20 heavy (non-hydrogen) atoms. The van der Waals surface area contributed by atoms with Crippen LogP contribution < -0.4 is 5.32 Å². The Balaban J connectivity index is 1.73. The summed E-state index contributed by atoms with van der Waals surface area (Å²) in [6, 6.07) is 8.07. The highest BCUT2D eigenvalue weighted by Gasteiger charge is 2.14. The number of amides is 1. The van der Waals surface area contributed by atoms with Gasteiger partial charge in [-0.1, -0.05) is 37.8 Å². The van der Waals surface area contributed by atoms with E-state index < -0.39 is 0 Å². The van der Waals surface area contributed by atoms with Gasteiger partial charge in [0.25, 0.3) is 0 Å². The lowest BCUT2D eigenvalue weighted by Crippen LogP contribution is -2.35. The number of nitrogens with one attached hydrogen (secondary N) is 1. The van der Waals surface area contributed by atoms with E-state index in [4.69, 9.17) is 5.11 Å². The van der Waals surface area contributed by atoms with Crippen LogP contribution in [0.25, 0.3) is 0 Å². The zero-order valence-corrected chi connectivity index (χ0v) is 12.6. The highest BCUT2D eigenvalue weighted by molar-refractivity contribution is 8.00. The van der Waals surface area contributed by atoms with Crippen molar-refractivity contribution < 1.29 is 9.90 Å².